The smallest absolute Gasteiger partial charge is 0.326 e. The van der Waals surface area contributed by atoms with Gasteiger partial charge in [0.1, 0.15) is 6.04 Å². The zero-order valence-corrected chi connectivity index (χ0v) is 14.5. The van der Waals surface area contributed by atoms with Gasteiger partial charge in [0.05, 0.1) is 11.0 Å². The maximum Gasteiger partial charge on any atom is 0.326 e. The Bertz CT molecular complexity index is 790. The Morgan fingerprint density at radius 3 is 2.64 bits per heavy atom. The number of carbonyl (C=O) groups is 2. The zero-order valence-electron chi connectivity index (χ0n) is 13.7. The molecule has 0 aromatic heterocycles. The van der Waals surface area contributed by atoms with Crippen molar-refractivity contribution in [2.45, 2.75) is 42.3 Å². The highest BCUT2D eigenvalue weighted by atomic mass is 32.2. The molecule has 1 heterocycles. The van der Waals surface area contributed by atoms with Gasteiger partial charge in [-0.05, 0) is 31.0 Å². The summed E-state index contributed by atoms with van der Waals surface area (Å²) in [7, 11) is -2.22. The van der Waals surface area contributed by atoms with Gasteiger partial charge in [0.2, 0.25) is 10.0 Å². The molecule has 1 aliphatic heterocycles. The van der Waals surface area contributed by atoms with Crippen LogP contribution in [-0.2, 0) is 19.6 Å². The molecule has 1 amide bonds. The fourth-order valence-corrected chi connectivity index (χ4v) is 4.23. The molecule has 25 heavy (non-hydrogen) atoms. The number of aliphatic carboxylic acids is 1. The summed E-state index contributed by atoms with van der Waals surface area (Å²) in [5.41, 5.74) is 0.140. The lowest BCUT2D eigenvalue weighted by Crippen LogP contribution is -2.40. The van der Waals surface area contributed by atoms with E-state index in [4.69, 9.17) is 4.74 Å². The second-order valence-electron chi connectivity index (χ2n) is 6.33. The second-order valence-corrected chi connectivity index (χ2v) is 8.04. The minimum atomic E-state index is -3.68. The van der Waals surface area contributed by atoms with Gasteiger partial charge in [-0.25, -0.2) is 17.9 Å². The van der Waals surface area contributed by atoms with E-state index in [1.807, 2.05) is 0 Å². The van der Waals surface area contributed by atoms with Gasteiger partial charge in [-0.2, -0.15) is 0 Å². The first-order valence-electron chi connectivity index (χ1n) is 8.01. The molecule has 0 spiro atoms. The van der Waals surface area contributed by atoms with Gasteiger partial charge in [-0.15, -0.1) is 0 Å². The highest BCUT2D eigenvalue weighted by Gasteiger charge is 2.40. The highest BCUT2D eigenvalue weighted by molar-refractivity contribution is 7.89. The Balaban J connectivity index is 1.84. The lowest BCUT2D eigenvalue weighted by molar-refractivity contribution is -0.141. The number of ether oxygens (including phenoxy) is 1. The maximum atomic E-state index is 12.7. The van der Waals surface area contributed by atoms with Crippen LogP contribution in [0.5, 0.6) is 0 Å². The number of carbonyl (C=O) groups excluding carboxylic acids is 1. The van der Waals surface area contributed by atoms with Crippen molar-refractivity contribution < 1.29 is 27.9 Å². The van der Waals surface area contributed by atoms with Gasteiger partial charge in [0, 0.05) is 31.7 Å². The fraction of sp³-hybridized carbons (Fsp3) is 0.500. The highest BCUT2D eigenvalue weighted by Crippen LogP contribution is 2.25. The van der Waals surface area contributed by atoms with Gasteiger partial charge in [0.25, 0.3) is 5.91 Å². The van der Waals surface area contributed by atoms with Gasteiger partial charge >= 0.3 is 5.97 Å². The summed E-state index contributed by atoms with van der Waals surface area (Å²) >= 11 is 0. The van der Waals surface area contributed by atoms with E-state index in [-0.39, 0.29) is 35.6 Å². The Kier molecular flexibility index (Phi) is 4.81. The number of hydrogen-bond donors (Lipinski definition) is 2. The van der Waals surface area contributed by atoms with Crippen LogP contribution in [0.15, 0.2) is 29.2 Å². The minimum absolute atomic E-state index is 0.000358. The summed E-state index contributed by atoms with van der Waals surface area (Å²) in [6.45, 7) is 0.156. The third kappa shape index (κ3) is 3.83. The molecule has 2 fully saturated rings. The van der Waals surface area contributed by atoms with E-state index in [1.54, 1.807) is 0 Å². The summed E-state index contributed by atoms with van der Waals surface area (Å²) in [5, 5.41) is 9.33. The Morgan fingerprint density at radius 1 is 1.32 bits per heavy atom. The molecular weight excluding hydrogens is 348 g/mol. The number of nitrogens with zero attached hydrogens (tertiary/aromatic N) is 1. The molecule has 2 atom stereocenters. The van der Waals surface area contributed by atoms with Gasteiger partial charge in [-0.1, -0.05) is 6.07 Å². The van der Waals surface area contributed by atoms with E-state index >= 15 is 0 Å². The largest absolute Gasteiger partial charge is 0.480 e. The zero-order chi connectivity index (χ0) is 18.2. The molecule has 1 saturated heterocycles. The number of likely N-dealkylation sites (tertiary alicyclic amines) is 1. The van der Waals surface area contributed by atoms with Crippen LogP contribution in [-0.4, -0.2) is 62.1 Å². The van der Waals surface area contributed by atoms with Crippen LogP contribution >= 0.6 is 0 Å². The molecule has 1 aromatic rings. The third-order valence-corrected chi connectivity index (χ3v) is 5.95. The predicted octanol–water partition coefficient (Wildman–Crippen LogP) is 0.441. The van der Waals surface area contributed by atoms with E-state index in [0.29, 0.717) is 0 Å². The Hall–Kier alpha value is -1.97. The number of carboxylic acids is 1. The number of amides is 1. The van der Waals surface area contributed by atoms with Crippen molar-refractivity contribution in [3.63, 3.8) is 0 Å². The van der Waals surface area contributed by atoms with Crippen LogP contribution in [0.25, 0.3) is 0 Å². The van der Waals surface area contributed by atoms with E-state index in [2.05, 4.69) is 4.72 Å². The normalized spacial score (nSPS) is 23.6. The summed E-state index contributed by atoms with van der Waals surface area (Å²) < 4.78 is 32.3. The average molecular weight is 368 g/mol. The number of carboxylic acid groups (broad SMARTS) is 1. The quantitative estimate of drug-likeness (QED) is 0.753. The van der Waals surface area contributed by atoms with Crippen molar-refractivity contribution in [3.8, 4) is 0 Å². The summed E-state index contributed by atoms with van der Waals surface area (Å²) in [6, 6.07) is 4.64. The van der Waals surface area contributed by atoms with E-state index in [1.165, 1.54) is 36.3 Å². The van der Waals surface area contributed by atoms with Crippen molar-refractivity contribution in [2.75, 3.05) is 13.7 Å². The van der Waals surface area contributed by atoms with Crippen LogP contribution in [0.1, 0.15) is 29.6 Å². The first-order chi connectivity index (χ1) is 11.8. The average Bonchev–Trinajstić information content (AvgIpc) is 3.27. The Labute approximate surface area is 145 Å². The van der Waals surface area contributed by atoms with E-state index in [9.17, 15) is 23.1 Å². The van der Waals surface area contributed by atoms with Gasteiger partial charge < -0.3 is 14.7 Å². The van der Waals surface area contributed by atoms with Crippen LogP contribution in [0.3, 0.4) is 0 Å². The fourth-order valence-electron chi connectivity index (χ4n) is 2.88. The molecular formula is C16H20N2O6S. The SMILES string of the molecule is COC1CC(C(=O)O)N(C(=O)c2cccc(S(=O)(=O)NC3CC3)c2)C1. The van der Waals surface area contributed by atoms with Crippen molar-refractivity contribution in [1.82, 2.24) is 9.62 Å². The standard InChI is InChI=1S/C16H20N2O6S/c1-24-12-8-14(16(20)21)18(9-12)15(19)10-3-2-4-13(7-10)25(22,23)17-11-5-6-11/h2-4,7,11-12,14,17H,5-6,8-9H2,1H3,(H,20,21). The van der Waals surface area contributed by atoms with Gasteiger partial charge in [0.15, 0.2) is 0 Å². The number of hydrogen-bond acceptors (Lipinski definition) is 5. The summed E-state index contributed by atoms with van der Waals surface area (Å²) in [6.07, 6.45) is 1.47. The number of nitrogens with one attached hydrogen (secondary N) is 1. The van der Waals surface area contributed by atoms with E-state index in [0.717, 1.165) is 12.8 Å². The molecule has 2 aliphatic rings. The molecule has 1 aromatic carbocycles. The number of rotatable bonds is 6. The van der Waals surface area contributed by atoms with Crippen LogP contribution in [0, 0.1) is 0 Å². The molecule has 3 rings (SSSR count). The molecule has 8 nitrogen and oxygen atoms in total. The third-order valence-electron chi connectivity index (χ3n) is 4.43. The summed E-state index contributed by atoms with van der Waals surface area (Å²) in [4.78, 5) is 25.4. The molecule has 2 unspecified atom stereocenters. The minimum Gasteiger partial charge on any atom is -0.480 e. The second kappa shape index (κ2) is 6.74. The lowest BCUT2D eigenvalue weighted by Gasteiger charge is -2.21. The first kappa shape index (κ1) is 17.8. The molecule has 9 heteroatoms. The monoisotopic (exact) mass is 368 g/mol. The number of methoxy groups -OCH3 is 1. The van der Waals surface area contributed by atoms with Crippen LogP contribution in [0.2, 0.25) is 0 Å². The van der Waals surface area contributed by atoms with Crippen molar-refractivity contribution in [2.24, 2.45) is 0 Å². The Morgan fingerprint density at radius 2 is 2.04 bits per heavy atom. The van der Waals surface area contributed by atoms with E-state index < -0.39 is 27.9 Å². The molecule has 136 valence electrons. The molecule has 1 saturated carbocycles. The topological polar surface area (TPSA) is 113 Å². The van der Waals surface area contributed by atoms with Crippen molar-refractivity contribution in [1.29, 1.82) is 0 Å². The first-order valence-corrected chi connectivity index (χ1v) is 9.49. The molecule has 0 bridgehead atoms. The number of sulfonamides is 1. The number of benzene rings is 1. The molecule has 2 N–H and O–H groups in total. The van der Waals surface area contributed by atoms with Crippen molar-refractivity contribution in [3.05, 3.63) is 29.8 Å². The maximum absolute atomic E-state index is 12.7. The lowest BCUT2D eigenvalue weighted by atomic mass is 10.1. The van der Waals surface area contributed by atoms with Crippen LogP contribution < -0.4 is 4.72 Å². The molecule has 1 aliphatic carbocycles. The molecule has 0 radical (unpaired) electrons. The summed E-state index contributed by atoms with van der Waals surface area (Å²) in [5.74, 6) is -1.62. The van der Waals surface area contributed by atoms with Crippen LogP contribution in [0.4, 0.5) is 0 Å². The van der Waals surface area contributed by atoms with Crippen molar-refractivity contribution >= 4 is 21.9 Å². The predicted molar refractivity (Wildman–Crippen MR) is 87.7 cm³/mol. The van der Waals surface area contributed by atoms with Gasteiger partial charge in [-0.3, -0.25) is 4.79 Å².